The lowest BCUT2D eigenvalue weighted by Crippen LogP contribution is -2.38. The lowest BCUT2D eigenvalue weighted by molar-refractivity contribution is -0.114. The van der Waals surface area contributed by atoms with E-state index in [4.69, 9.17) is 4.74 Å². The van der Waals surface area contributed by atoms with Gasteiger partial charge in [0.25, 0.3) is 5.91 Å². The summed E-state index contributed by atoms with van der Waals surface area (Å²) >= 11 is 0. The summed E-state index contributed by atoms with van der Waals surface area (Å²) in [6.45, 7) is 3.86. The van der Waals surface area contributed by atoms with E-state index in [9.17, 15) is 9.59 Å². The molecule has 0 fully saturated rings. The molecule has 6 heteroatoms. The molecule has 0 aliphatic carbocycles. The number of pyridine rings is 1. The molecule has 0 radical (unpaired) electrons. The standard InChI is InChI=1S/C23H21N3O3/c1-3-16-9-6-8-15(2)21(16)25-20(27)14-26-18-11-4-5-12-19(18)29-22-17(23(26)28)10-7-13-24-22/h4-13H,3,14H2,1-2H3,(H,25,27). The monoisotopic (exact) mass is 387 g/mol. The maximum Gasteiger partial charge on any atom is 0.264 e. The Morgan fingerprint density at radius 3 is 2.76 bits per heavy atom. The van der Waals surface area contributed by atoms with E-state index < -0.39 is 0 Å². The van der Waals surface area contributed by atoms with E-state index in [0.717, 1.165) is 23.2 Å². The minimum absolute atomic E-state index is 0.134. The highest BCUT2D eigenvalue weighted by atomic mass is 16.5. The number of aromatic nitrogens is 1. The molecule has 0 saturated heterocycles. The van der Waals surface area contributed by atoms with Crippen LogP contribution in [0, 0.1) is 6.92 Å². The van der Waals surface area contributed by atoms with Crippen molar-refractivity contribution in [2.75, 3.05) is 16.8 Å². The normalized spacial score (nSPS) is 12.5. The number of nitrogens with one attached hydrogen (secondary N) is 1. The summed E-state index contributed by atoms with van der Waals surface area (Å²) in [6, 6.07) is 16.4. The van der Waals surface area contributed by atoms with Crippen molar-refractivity contribution in [3.05, 3.63) is 77.5 Å². The van der Waals surface area contributed by atoms with Crippen molar-refractivity contribution in [2.45, 2.75) is 20.3 Å². The number of rotatable bonds is 4. The van der Waals surface area contributed by atoms with Gasteiger partial charge in [0.1, 0.15) is 12.1 Å². The summed E-state index contributed by atoms with van der Waals surface area (Å²) in [6.07, 6.45) is 2.37. The van der Waals surface area contributed by atoms with E-state index in [1.165, 1.54) is 4.90 Å². The van der Waals surface area contributed by atoms with Crippen LogP contribution in [0.25, 0.3) is 0 Å². The number of nitrogens with zero attached hydrogens (tertiary/aromatic N) is 2. The highest BCUT2D eigenvalue weighted by Crippen LogP contribution is 2.37. The number of amides is 2. The molecule has 0 bridgehead atoms. The zero-order valence-electron chi connectivity index (χ0n) is 16.3. The summed E-state index contributed by atoms with van der Waals surface area (Å²) in [5.74, 6) is 0.120. The number of hydrogen-bond donors (Lipinski definition) is 1. The van der Waals surface area contributed by atoms with Gasteiger partial charge < -0.3 is 10.1 Å². The topological polar surface area (TPSA) is 71.5 Å². The van der Waals surface area contributed by atoms with Crippen LogP contribution in [-0.4, -0.2) is 23.3 Å². The first-order valence-electron chi connectivity index (χ1n) is 9.50. The third kappa shape index (κ3) is 3.57. The van der Waals surface area contributed by atoms with Gasteiger partial charge in [0.2, 0.25) is 11.8 Å². The summed E-state index contributed by atoms with van der Waals surface area (Å²) in [5.41, 5.74) is 3.69. The number of benzene rings is 2. The minimum Gasteiger partial charge on any atom is -0.436 e. The van der Waals surface area contributed by atoms with Crippen LogP contribution in [0.1, 0.15) is 28.4 Å². The van der Waals surface area contributed by atoms with E-state index in [1.807, 2.05) is 38.1 Å². The van der Waals surface area contributed by atoms with Crippen LogP contribution in [0.15, 0.2) is 60.8 Å². The van der Waals surface area contributed by atoms with Gasteiger partial charge in [-0.3, -0.25) is 14.5 Å². The molecular formula is C23H21N3O3. The zero-order chi connectivity index (χ0) is 20.4. The summed E-state index contributed by atoms with van der Waals surface area (Å²) < 4.78 is 5.85. The van der Waals surface area contributed by atoms with Crippen LogP contribution in [0.3, 0.4) is 0 Å². The van der Waals surface area contributed by atoms with Crippen LogP contribution in [0.4, 0.5) is 11.4 Å². The van der Waals surface area contributed by atoms with Crippen molar-refractivity contribution in [3.8, 4) is 11.6 Å². The van der Waals surface area contributed by atoms with Gasteiger partial charge in [0.05, 0.1) is 5.69 Å². The molecule has 1 aromatic heterocycles. The molecule has 0 unspecified atom stereocenters. The quantitative estimate of drug-likeness (QED) is 0.723. The molecule has 0 atom stereocenters. The van der Waals surface area contributed by atoms with Gasteiger partial charge in [-0.1, -0.05) is 37.3 Å². The predicted molar refractivity (Wildman–Crippen MR) is 112 cm³/mol. The maximum atomic E-state index is 13.2. The molecule has 4 rings (SSSR count). The molecule has 6 nitrogen and oxygen atoms in total. The second kappa shape index (κ2) is 7.75. The fourth-order valence-corrected chi connectivity index (χ4v) is 3.44. The Kier molecular flexibility index (Phi) is 4.99. The molecule has 29 heavy (non-hydrogen) atoms. The van der Waals surface area contributed by atoms with Crippen LogP contribution in [0.2, 0.25) is 0 Å². The van der Waals surface area contributed by atoms with Crippen LogP contribution in [-0.2, 0) is 11.2 Å². The molecule has 2 aromatic carbocycles. The largest absolute Gasteiger partial charge is 0.436 e. The lowest BCUT2D eigenvalue weighted by atomic mass is 10.1. The number of fused-ring (bicyclic) bond motifs is 2. The minimum atomic E-state index is -0.325. The second-order valence-electron chi connectivity index (χ2n) is 6.83. The molecule has 1 aliphatic heterocycles. The Hall–Kier alpha value is -3.67. The van der Waals surface area contributed by atoms with Crippen molar-refractivity contribution >= 4 is 23.2 Å². The average molecular weight is 387 g/mol. The summed E-state index contributed by atoms with van der Waals surface area (Å²) in [4.78, 5) is 31.7. The van der Waals surface area contributed by atoms with Crippen molar-refractivity contribution < 1.29 is 14.3 Å². The van der Waals surface area contributed by atoms with Gasteiger partial charge in [-0.25, -0.2) is 4.98 Å². The van der Waals surface area contributed by atoms with Gasteiger partial charge in [-0.2, -0.15) is 0 Å². The summed E-state index contributed by atoms with van der Waals surface area (Å²) in [7, 11) is 0. The van der Waals surface area contributed by atoms with Crippen molar-refractivity contribution in [1.29, 1.82) is 0 Å². The molecule has 2 heterocycles. The first-order valence-corrected chi connectivity index (χ1v) is 9.50. The molecule has 0 spiro atoms. The smallest absolute Gasteiger partial charge is 0.264 e. The van der Waals surface area contributed by atoms with E-state index in [-0.39, 0.29) is 24.2 Å². The predicted octanol–water partition coefficient (Wildman–Crippen LogP) is 4.34. The van der Waals surface area contributed by atoms with E-state index in [2.05, 4.69) is 10.3 Å². The Morgan fingerprint density at radius 1 is 1.10 bits per heavy atom. The van der Waals surface area contributed by atoms with E-state index in [0.29, 0.717) is 17.0 Å². The molecule has 2 amide bonds. The number of anilines is 2. The number of carbonyl (C=O) groups is 2. The number of carbonyl (C=O) groups excluding carboxylic acids is 2. The number of hydrogen-bond acceptors (Lipinski definition) is 4. The van der Waals surface area contributed by atoms with E-state index >= 15 is 0 Å². The van der Waals surface area contributed by atoms with Gasteiger partial charge in [-0.05, 0) is 48.7 Å². The number of ether oxygens (including phenoxy) is 1. The molecule has 146 valence electrons. The lowest BCUT2D eigenvalue weighted by Gasteiger charge is -2.22. The van der Waals surface area contributed by atoms with Gasteiger partial charge in [0, 0.05) is 11.9 Å². The second-order valence-corrected chi connectivity index (χ2v) is 6.83. The fourth-order valence-electron chi connectivity index (χ4n) is 3.44. The highest BCUT2D eigenvalue weighted by Gasteiger charge is 2.30. The van der Waals surface area contributed by atoms with Crippen molar-refractivity contribution in [1.82, 2.24) is 4.98 Å². The SMILES string of the molecule is CCc1cccc(C)c1NC(=O)CN1C(=O)c2cccnc2Oc2ccccc21. The fraction of sp³-hybridized carbons (Fsp3) is 0.174. The molecule has 3 aromatic rings. The van der Waals surface area contributed by atoms with E-state index in [1.54, 1.807) is 36.5 Å². The molecule has 0 saturated carbocycles. The highest BCUT2D eigenvalue weighted by molar-refractivity contribution is 6.12. The van der Waals surface area contributed by atoms with Crippen LogP contribution >= 0.6 is 0 Å². The number of aryl methyl sites for hydroxylation is 2. The van der Waals surface area contributed by atoms with Crippen LogP contribution in [0.5, 0.6) is 11.6 Å². The van der Waals surface area contributed by atoms with Gasteiger partial charge >= 0.3 is 0 Å². The Morgan fingerprint density at radius 2 is 1.93 bits per heavy atom. The van der Waals surface area contributed by atoms with Gasteiger partial charge in [0.15, 0.2) is 5.75 Å². The molecular weight excluding hydrogens is 366 g/mol. The van der Waals surface area contributed by atoms with Crippen molar-refractivity contribution in [3.63, 3.8) is 0 Å². The first-order chi connectivity index (χ1) is 14.1. The third-order valence-electron chi connectivity index (χ3n) is 4.92. The maximum absolute atomic E-state index is 13.2. The first kappa shape index (κ1) is 18.7. The Labute approximate surface area is 169 Å². The van der Waals surface area contributed by atoms with Crippen molar-refractivity contribution in [2.24, 2.45) is 0 Å². The number of para-hydroxylation sites is 3. The zero-order valence-corrected chi connectivity index (χ0v) is 16.3. The molecule has 1 aliphatic rings. The third-order valence-corrected chi connectivity index (χ3v) is 4.92. The molecule has 1 N–H and O–H groups in total. The van der Waals surface area contributed by atoms with Gasteiger partial charge in [-0.15, -0.1) is 0 Å². The average Bonchev–Trinajstić information content (AvgIpc) is 2.85. The van der Waals surface area contributed by atoms with Crippen LogP contribution < -0.4 is 15.0 Å². The summed E-state index contributed by atoms with van der Waals surface area (Å²) in [5, 5.41) is 2.98. The Bertz CT molecular complexity index is 1090. The Balaban J connectivity index is 1.67.